The first-order valence-corrected chi connectivity index (χ1v) is 12.9. The third-order valence-corrected chi connectivity index (χ3v) is 10.9. The van der Waals surface area contributed by atoms with Crippen molar-refractivity contribution < 1.29 is 0 Å². The Labute approximate surface area is 177 Å². The number of fused-ring (bicyclic) bond motifs is 4. The fourth-order valence-electron chi connectivity index (χ4n) is 6.20. The SMILES string of the molecule is CC1C2C=CC(C2)C1P(c1ccccc1)c1ccccc1.CC1CC2C=CC1C2. The lowest BCUT2D eigenvalue weighted by Gasteiger charge is -2.34. The van der Waals surface area contributed by atoms with Gasteiger partial charge in [-0.25, -0.2) is 0 Å². The summed E-state index contributed by atoms with van der Waals surface area (Å²) >= 11 is 0. The summed E-state index contributed by atoms with van der Waals surface area (Å²) in [6, 6.07) is 22.4. The maximum absolute atomic E-state index is 2.50. The Morgan fingerprint density at radius 1 is 0.621 bits per heavy atom. The van der Waals surface area contributed by atoms with E-state index in [-0.39, 0.29) is 7.92 Å². The van der Waals surface area contributed by atoms with E-state index >= 15 is 0 Å². The molecule has 0 nitrogen and oxygen atoms in total. The molecule has 2 fully saturated rings. The van der Waals surface area contributed by atoms with Crippen LogP contribution >= 0.6 is 7.92 Å². The third kappa shape index (κ3) is 3.77. The Kier molecular flexibility index (Phi) is 5.49. The van der Waals surface area contributed by atoms with Crippen molar-refractivity contribution in [2.45, 2.75) is 38.8 Å². The van der Waals surface area contributed by atoms with Crippen molar-refractivity contribution >= 4 is 18.5 Å². The molecule has 0 N–H and O–H groups in total. The van der Waals surface area contributed by atoms with Gasteiger partial charge in [0, 0.05) is 0 Å². The average molecular weight is 401 g/mol. The molecular weight excluding hydrogens is 367 g/mol. The van der Waals surface area contributed by atoms with Crippen molar-refractivity contribution in [1.29, 1.82) is 0 Å². The largest absolute Gasteiger partial charge is 0.0851 e. The van der Waals surface area contributed by atoms with E-state index in [1.54, 1.807) is 0 Å². The van der Waals surface area contributed by atoms with Gasteiger partial charge in [-0.05, 0) is 79.0 Å². The molecule has 0 amide bonds. The quantitative estimate of drug-likeness (QED) is 0.405. The van der Waals surface area contributed by atoms with Crippen LogP contribution in [-0.2, 0) is 0 Å². The second-order valence-corrected chi connectivity index (χ2v) is 12.0. The van der Waals surface area contributed by atoms with Gasteiger partial charge < -0.3 is 0 Å². The molecule has 2 saturated carbocycles. The monoisotopic (exact) mass is 400 g/mol. The van der Waals surface area contributed by atoms with E-state index in [0.29, 0.717) is 0 Å². The van der Waals surface area contributed by atoms with E-state index in [1.807, 2.05) is 0 Å². The molecule has 7 atom stereocenters. The van der Waals surface area contributed by atoms with Crippen LogP contribution in [0.1, 0.15) is 33.1 Å². The standard InChI is InChI=1S/C20H21P.C8H12/c1-15-16-12-13-17(14-16)20(15)21(18-8-4-2-5-9-18)19-10-6-3-7-11-19;1-6-4-7-2-3-8(6)5-7/h2-13,15-17,20H,14H2,1H3;2-3,6-8H,4-5H2,1H3. The van der Waals surface area contributed by atoms with Crippen LogP contribution in [0.3, 0.4) is 0 Å². The summed E-state index contributed by atoms with van der Waals surface area (Å²) in [7, 11) is -0.257. The van der Waals surface area contributed by atoms with Crippen LogP contribution in [0, 0.1) is 35.5 Å². The molecule has 0 radical (unpaired) electrons. The fourth-order valence-corrected chi connectivity index (χ4v) is 9.46. The van der Waals surface area contributed by atoms with Crippen LogP contribution in [0.5, 0.6) is 0 Å². The first-order valence-electron chi connectivity index (χ1n) is 11.5. The molecule has 0 saturated heterocycles. The minimum atomic E-state index is -0.257. The van der Waals surface area contributed by atoms with Crippen LogP contribution in [0.15, 0.2) is 85.0 Å². The average Bonchev–Trinajstić information content (AvgIpc) is 3.54. The highest BCUT2D eigenvalue weighted by Gasteiger charge is 2.46. The van der Waals surface area contributed by atoms with Gasteiger partial charge in [0.25, 0.3) is 0 Å². The molecule has 1 heteroatoms. The molecule has 0 aliphatic heterocycles. The fraction of sp³-hybridized carbons (Fsp3) is 0.429. The number of hydrogen-bond acceptors (Lipinski definition) is 0. The number of hydrogen-bond donors (Lipinski definition) is 0. The minimum Gasteiger partial charge on any atom is -0.0851 e. The van der Waals surface area contributed by atoms with E-state index in [1.165, 1.54) is 29.9 Å². The first-order chi connectivity index (χ1) is 14.2. The van der Waals surface area contributed by atoms with Crippen molar-refractivity contribution in [3.05, 3.63) is 85.0 Å². The van der Waals surface area contributed by atoms with Gasteiger partial charge in [0.15, 0.2) is 0 Å². The van der Waals surface area contributed by atoms with E-state index in [0.717, 1.165) is 41.2 Å². The molecular formula is C28H33P. The van der Waals surface area contributed by atoms with Gasteiger partial charge in [-0.15, -0.1) is 0 Å². The molecule has 4 aliphatic rings. The van der Waals surface area contributed by atoms with Gasteiger partial charge in [-0.1, -0.05) is 98.8 Å². The Bertz CT molecular complexity index is 828. The summed E-state index contributed by atoms with van der Waals surface area (Å²) in [6.45, 7) is 4.84. The van der Waals surface area contributed by atoms with Crippen molar-refractivity contribution in [2.24, 2.45) is 35.5 Å². The van der Waals surface area contributed by atoms with Crippen LogP contribution in [0.25, 0.3) is 0 Å². The van der Waals surface area contributed by atoms with Gasteiger partial charge in [0.1, 0.15) is 0 Å². The molecule has 4 bridgehead atoms. The molecule has 2 aromatic carbocycles. The Morgan fingerprint density at radius 2 is 1.21 bits per heavy atom. The van der Waals surface area contributed by atoms with E-state index in [4.69, 9.17) is 0 Å². The second kappa shape index (κ2) is 8.23. The predicted octanol–water partition coefficient (Wildman–Crippen LogP) is 6.55. The highest BCUT2D eigenvalue weighted by Crippen LogP contribution is 2.57. The summed E-state index contributed by atoms with van der Waals surface area (Å²) in [6.07, 6.45) is 14.1. The minimum absolute atomic E-state index is 0.257. The zero-order valence-electron chi connectivity index (χ0n) is 17.7. The van der Waals surface area contributed by atoms with Crippen LogP contribution in [-0.4, -0.2) is 5.66 Å². The molecule has 150 valence electrons. The molecule has 0 aromatic heterocycles. The lowest BCUT2D eigenvalue weighted by Crippen LogP contribution is -2.29. The van der Waals surface area contributed by atoms with Crippen LogP contribution in [0.4, 0.5) is 0 Å². The Hall–Kier alpha value is -1.65. The Morgan fingerprint density at radius 3 is 1.62 bits per heavy atom. The highest BCUT2D eigenvalue weighted by molar-refractivity contribution is 7.73. The summed E-state index contributed by atoms with van der Waals surface area (Å²) in [5.74, 6) is 5.33. The zero-order chi connectivity index (χ0) is 19.8. The molecule has 0 spiro atoms. The van der Waals surface area contributed by atoms with Gasteiger partial charge in [0.2, 0.25) is 0 Å². The number of allylic oxidation sites excluding steroid dienone is 4. The molecule has 29 heavy (non-hydrogen) atoms. The van der Waals surface area contributed by atoms with Crippen molar-refractivity contribution in [3.63, 3.8) is 0 Å². The van der Waals surface area contributed by atoms with Gasteiger partial charge in [-0.3, -0.25) is 0 Å². The van der Waals surface area contributed by atoms with E-state index < -0.39 is 0 Å². The predicted molar refractivity (Wildman–Crippen MR) is 127 cm³/mol. The molecule has 0 heterocycles. The Balaban J connectivity index is 0.000000189. The summed E-state index contributed by atoms with van der Waals surface area (Å²) in [4.78, 5) is 0. The number of rotatable bonds is 3. The van der Waals surface area contributed by atoms with Crippen molar-refractivity contribution in [3.8, 4) is 0 Å². The van der Waals surface area contributed by atoms with Crippen LogP contribution in [0.2, 0.25) is 0 Å². The molecule has 6 rings (SSSR count). The smallest absolute Gasteiger partial charge is 0.00344 e. The van der Waals surface area contributed by atoms with E-state index in [2.05, 4.69) is 98.8 Å². The topological polar surface area (TPSA) is 0 Å². The molecule has 2 aromatic rings. The lowest BCUT2D eigenvalue weighted by molar-refractivity contribution is 0.493. The van der Waals surface area contributed by atoms with E-state index in [9.17, 15) is 0 Å². The molecule has 7 unspecified atom stereocenters. The highest BCUT2D eigenvalue weighted by atomic mass is 31.1. The summed E-state index contributed by atoms with van der Waals surface area (Å²) < 4.78 is 0. The zero-order valence-corrected chi connectivity index (χ0v) is 18.6. The third-order valence-electron chi connectivity index (χ3n) is 7.78. The first kappa shape index (κ1) is 19.3. The number of benzene rings is 2. The maximum atomic E-state index is 2.50. The van der Waals surface area contributed by atoms with Crippen molar-refractivity contribution in [2.75, 3.05) is 0 Å². The van der Waals surface area contributed by atoms with Crippen LogP contribution < -0.4 is 10.6 Å². The maximum Gasteiger partial charge on any atom is -0.00344 e. The second-order valence-electron chi connectivity index (χ2n) is 9.60. The van der Waals surface area contributed by atoms with Gasteiger partial charge in [0.05, 0.1) is 0 Å². The van der Waals surface area contributed by atoms with Gasteiger partial charge in [-0.2, -0.15) is 0 Å². The summed E-state index contributed by atoms with van der Waals surface area (Å²) in [5.41, 5.74) is 0.805. The summed E-state index contributed by atoms with van der Waals surface area (Å²) in [5, 5.41) is 3.08. The lowest BCUT2D eigenvalue weighted by atomic mass is 9.95. The molecule has 4 aliphatic carbocycles. The van der Waals surface area contributed by atoms with Gasteiger partial charge >= 0.3 is 0 Å². The normalized spacial score (nSPS) is 35.9. The van der Waals surface area contributed by atoms with Crippen molar-refractivity contribution in [1.82, 2.24) is 0 Å².